The molecular formula is C19H23NO. The zero-order chi connectivity index (χ0) is 14.9. The Morgan fingerprint density at radius 3 is 2.19 bits per heavy atom. The molecule has 1 N–H and O–H groups in total. The van der Waals surface area contributed by atoms with E-state index in [0.29, 0.717) is 0 Å². The Morgan fingerprint density at radius 2 is 1.57 bits per heavy atom. The van der Waals surface area contributed by atoms with Crippen LogP contribution < -0.4 is 0 Å². The van der Waals surface area contributed by atoms with Gasteiger partial charge in [0.05, 0.1) is 5.60 Å². The first-order valence-electron chi connectivity index (χ1n) is 7.64. The molecule has 110 valence electrons. The third-order valence-corrected chi connectivity index (χ3v) is 4.87. The van der Waals surface area contributed by atoms with E-state index >= 15 is 0 Å². The van der Waals surface area contributed by atoms with Crippen molar-refractivity contribution in [2.24, 2.45) is 5.92 Å². The second kappa shape index (κ2) is 5.63. The maximum atomic E-state index is 11.3. The van der Waals surface area contributed by atoms with Crippen molar-refractivity contribution in [1.29, 1.82) is 0 Å². The van der Waals surface area contributed by atoms with Crippen LogP contribution in [0.25, 0.3) is 0 Å². The zero-order valence-corrected chi connectivity index (χ0v) is 12.7. The molecule has 2 heteroatoms. The van der Waals surface area contributed by atoms with E-state index in [1.165, 1.54) is 5.56 Å². The Kier molecular flexibility index (Phi) is 3.83. The molecule has 0 aliphatic carbocycles. The van der Waals surface area contributed by atoms with E-state index in [4.69, 9.17) is 0 Å². The minimum absolute atomic E-state index is 0.213. The van der Waals surface area contributed by atoms with Gasteiger partial charge >= 0.3 is 0 Å². The normalized spacial score (nSPS) is 30.2. The van der Waals surface area contributed by atoms with Gasteiger partial charge in [0.25, 0.3) is 0 Å². The lowest BCUT2D eigenvalue weighted by Gasteiger charge is -2.47. The van der Waals surface area contributed by atoms with Crippen LogP contribution in [0.5, 0.6) is 0 Å². The van der Waals surface area contributed by atoms with Gasteiger partial charge in [-0.25, -0.2) is 0 Å². The van der Waals surface area contributed by atoms with Gasteiger partial charge in [-0.2, -0.15) is 0 Å². The third-order valence-electron chi connectivity index (χ3n) is 4.87. The van der Waals surface area contributed by atoms with Crippen LogP contribution in [0, 0.1) is 5.92 Å². The number of hydrogen-bond acceptors (Lipinski definition) is 2. The Balaban J connectivity index is 1.96. The fourth-order valence-corrected chi connectivity index (χ4v) is 3.54. The van der Waals surface area contributed by atoms with Crippen molar-refractivity contribution in [3.8, 4) is 0 Å². The highest BCUT2D eigenvalue weighted by molar-refractivity contribution is 5.27. The van der Waals surface area contributed by atoms with E-state index in [1.807, 2.05) is 36.4 Å². The summed E-state index contributed by atoms with van der Waals surface area (Å²) in [5.74, 6) is 0.213. The molecular weight excluding hydrogens is 258 g/mol. The van der Waals surface area contributed by atoms with Gasteiger partial charge in [-0.3, -0.25) is 4.90 Å². The van der Waals surface area contributed by atoms with Crippen LogP contribution in [-0.2, 0) is 5.60 Å². The molecule has 1 saturated heterocycles. The second-order valence-electron chi connectivity index (χ2n) is 6.26. The van der Waals surface area contributed by atoms with Gasteiger partial charge in [0.2, 0.25) is 0 Å². The van der Waals surface area contributed by atoms with E-state index in [2.05, 4.69) is 43.1 Å². The van der Waals surface area contributed by atoms with Crippen LogP contribution in [0.15, 0.2) is 60.7 Å². The summed E-state index contributed by atoms with van der Waals surface area (Å²) < 4.78 is 0. The summed E-state index contributed by atoms with van der Waals surface area (Å²) in [5, 5.41) is 11.3. The molecule has 1 aliphatic rings. The number of hydrogen-bond donors (Lipinski definition) is 1. The largest absolute Gasteiger partial charge is 0.385 e. The smallest absolute Gasteiger partial charge is 0.0952 e. The molecule has 1 aliphatic heterocycles. The van der Waals surface area contributed by atoms with Crippen molar-refractivity contribution >= 4 is 0 Å². The summed E-state index contributed by atoms with van der Waals surface area (Å²) in [4.78, 5) is 2.36. The molecule has 0 saturated carbocycles. The number of rotatable bonds is 2. The van der Waals surface area contributed by atoms with Crippen molar-refractivity contribution in [1.82, 2.24) is 4.90 Å². The lowest BCUT2D eigenvalue weighted by atomic mass is 9.73. The first-order valence-corrected chi connectivity index (χ1v) is 7.64. The molecule has 2 aromatic carbocycles. The van der Waals surface area contributed by atoms with Gasteiger partial charge in [-0.15, -0.1) is 0 Å². The summed E-state index contributed by atoms with van der Waals surface area (Å²) in [6.07, 6.45) is 0.735. The first kappa shape index (κ1) is 14.3. The Hall–Kier alpha value is -1.64. The summed E-state index contributed by atoms with van der Waals surface area (Å²) in [6, 6.07) is 20.9. The maximum Gasteiger partial charge on any atom is 0.0952 e. The summed E-state index contributed by atoms with van der Waals surface area (Å²) in [6.45, 7) is 3.04. The molecule has 0 unspecified atom stereocenters. The molecule has 1 fully saturated rings. The molecule has 0 aromatic heterocycles. The van der Waals surface area contributed by atoms with Crippen molar-refractivity contribution in [2.75, 3.05) is 13.6 Å². The molecule has 0 bridgehead atoms. The van der Waals surface area contributed by atoms with Gasteiger partial charge in [-0.05, 0) is 18.2 Å². The molecule has 21 heavy (non-hydrogen) atoms. The van der Waals surface area contributed by atoms with Crippen molar-refractivity contribution in [3.05, 3.63) is 71.8 Å². The lowest BCUT2D eigenvalue weighted by Crippen LogP contribution is -2.49. The fraction of sp³-hybridized carbons (Fsp3) is 0.368. The SMILES string of the molecule is C[C@@H]1CN(C)[C@H](c2ccccc2)C[C@]1(O)c1ccccc1. The highest BCUT2D eigenvalue weighted by Crippen LogP contribution is 2.44. The lowest BCUT2D eigenvalue weighted by molar-refractivity contribution is -0.0889. The maximum absolute atomic E-state index is 11.3. The van der Waals surface area contributed by atoms with E-state index in [0.717, 1.165) is 18.5 Å². The summed E-state index contributed by atoms with van der Waals surface area (Å²) in [7, 11) is 2.15. The average Bonchev–Trinajstić information content (AvgIpc) is 2.53. The van der Waals surface area contributed by atoms with Gasteiger partial charge in [-0.1, -0.05) is 67.6 Å². The molecule has 0 spiro atoms. The van der Waals surface area contributed by atoms with Gasteiger partial charge < -0.3 is 5.11 Å². The minimum Gasteiger partial charge on any atom is -0.385 e. The van der Waals surface area contributed by atoms with Crippen LogP contribution in [0.2, 0.25) is 0 Å². The summed E-state index contributed by atoms with van der Waals surface area (Å²) >= 11 is 0. The Bertz CT molecular complexity index is 583. The van der Waals surface area contributed by atoms with Crippen molar-refractivity contribution in [3.63, 3.8) is 0 Å². The molecule has 2 nitrogen and oxygen atoms in total. The van der Waals surface area contributed by atoms with E-state index in [-0.39, 0.29) is 12.0 Å². The Labute approximate surface area is 127 Å². The number of aliphatic hydroxyl groups is 1. The second-order valence-corrected chi connectivity index (χ2v) is 6.26. The van der Waals surface area contributed by atoms with E-state index < -0.39 is 5.60 Å². The summed E-state index contributed by atoms with van der Waals surface area (Å²) in [5.41, 5.74) is 1.56. The number of benzene rings is 2. The van der Waals surface area contributed by atoms with Crippen LogP contribution in [0.4, 0.5) is 0 Å². The zero-order valence-electron chi connectivity index (χ0n) is 12.7. The van der Waals surface area contributed by atoms with Crippen LogP contribution >= 0.6 is 0 Å². The highest BCUT2D eigenvalue weighted by Gasteiger charge is 2.43. The number of likely N-dealkylation sites (tertiary alicyclic amines) is 1. The van der Waals surface area contributed by atoms with Gasteiger partial charge in [0.15, 0.2) is 0 Å². The van der Waals surface area contributed by atoms with Gasteiger partial charge in [0.1, 0.15) is 0 Å². The highest BCUT2D eigenvalue weighted by atomic mass is 16.3. The third kappa shape index (κ3) is 2.61. The monoisotopic (exact) mass is 281 g/mol. The van der Waals surface area contributed by atoms with Gasteiger partial charge in [0, 0.05) is 24.9 Å². The predicted molar refractivity (Wildman–Crippen MR) is 85.9 cm³/mol. The van der Waals surface area contributed by atoms with Crippen LogP contribution in [0.1, 0.15) is 30.5 Å². The standard InChI is InChI=1S/C19H23NO/c1-15-14-20(2)18(16-9-5-3-6-10-16)13-19(15,21)17-11-7-4-8-12-17/h3-12,15,18,21H,13-14H2,1-2H3/t15-,18+,19-/m1/s1. The van der Waals surface area contributed by atoms with Crippen molar-refractivity contribution < 1.29 is 5.11 Å². The number of piperidine rings is 1. The van der Waals surface area contributed by atoms with E-state index in [1.54, 1.807) is 0 Å². The predicted octanol–water partition coefficient (Wildman–Crippen LogP) is 3.59. The van der Waals surface area contributed by atoms with E-state index in [9.17, 15) is 5.11 Å². The molecule has 0 radical (unpaired) electrons. The molecule has 1 heterocycles. The topological polar surface area (TPSA) is 23.5 Å². The quantitative estimate of drug-likeness (QED) is 0.909. The molecule has 3 atom stereocenters. The molecule has 2 aromatic rings. The van der Waals surface area contributed by atoms with Crippen LogP contribution in [-0.4, -0.2) is 23.6 Å². The molecule has 0 amide bonds. The fourth-order valence-electron chi connectivity index (χ4n) is 3.54. The molecule has 3 rings (SSSR count). The number of nitrogens with zero attached hydrogens (tertiary/aromatic N) is 1. The minimum atomic E-state index is -0.756. The Morgan fingerprint density at radius 1 is 1.00 bits per heavy atom. The van der Waals surface area contributed by atoms with Crippen LogP contribution in [0.3, 0.4) is 0 Å². The first-order chi connectivity index (χ1) is 10.1. The average molecular weight is 281 g/mol. The van der Waals surface area contributed by atoms with Crippen molar-refractivity contribution in [2.45, 2.75) is 25.0 Å².